The zero-order chi connectivity index (χ0) is 28.8. The van der Waals surface area contributed by atoms with Crippen LogP contribution in [0.15, 0.2) is 107 Å². The molecule has 0 aliphatic heterocycles. The fourth-order valence-corrected chi connectivity index (χ4v) is 5.44. The SMILES string of the molecule is COc1ccc(NC(=O)c2ccc(NS(=O)(=O)/C=C/c3ccccc3)cc2)cc1NS(=O)(=O)c1ccc(F)cc1. The van der Waals surface area contributed by atoms with Crippen LogP contribution in [0.3, 0.4) is 0 Å². The summed E-state index contributed by atoms with van der Waals surface area (Å²) in [4.78, 5) is 12.7. The second kappa shape index (κ2) is 12.0. The molecular weight excluding hydrogens is 557 g/mol. The number of sulfonamides is 2. The smallest absolute Gasteiger partial charge is 0.262 e. The van der Waals surface area contributed by atoms with E-state index < -0.39 is 31.8 Å². The molecule has 0 aliphatic carbocycles. The van der Waals surface area contributed by atoms with Gasteiger partial charge < -0.3 is 10.1 Å². The lowest BCUT2D eigenvalue weighted by Crippen LogP contribution is -2.15. The first-order chi connectivity index (χ1) is 19.0. The molecule has 0 saturated carbocycles. The molecule has 4 aromatic carbocycles. The largest absolute Gasteiger partial charge is 0.495 e. The minimum Gasteiger partial charge on any atom is -0.495 e. The number of carbonyl (C=O) groups excluding carboxylic acids is 1. The Morgan fingerprint density at radius 1 is 0.800 bits per heavy atom. The van der Waals surface area contributed by atoms with Gasteiger partial charge in [0.1, 0.15) is 11.6 Å². The number of amides is 1. The molecule has 0 fully saturated rings. The maximum atomic E-state index is 13.2. The van der Waals surface area contributed by atoms with E-state index in [1.807, 2.05) is 6.07 Å². The van der Waals surface area contributed by atoms with Crippen molar-refractivity contribution in [3.05, 3.63) is 119 Å². The van der Waals surface area contributed by atoms with Crippen LogP contribution < -0.4 is 19.5 Å². The fourth-order valence-electron chi connectivity index (χ4n) is 3.51. The van der Waals surface area contributed by atoms with Gasteiger partial charge in [0.15, 0.2) is 0 Å². The fraction of sp³-hybridized carbons (Fsp3) is 0.0357. The van der Waals surface area contributed by atoms with Crippen LogP contribution in [0.2, 0.25) is 0 Å². The normalized spacial score (nSPS) is 11.7. The highest BCUT2D eigenvalue weighted by atomic mass is 32.2. The van der Waals surface area contributed by atoms with E-state index in [0.29, 0.717) is 0 Å². The van der Waals surface area contributed by atoms with E-state index in [0.717, 1.165) is 35.2 Å². The Balaban J connectivity index is 1.44. The lowest BCUT2D eigenvalue weighted by Gasteiger charge is -2.14. The monoisotopic (exact) mass is 581 g/mol. The van der Waals surface area contributed by atoms with Crippen molar-refractivity contribution >= 4 is 49.1 Å². The molecule has 4 rings (SSSR count). The molecule has 4 aromatic rings. The maximum Gasteiger partial charge on any atom is 0.262 e. The summed E-state index contributed by atoms with van der Waals surface area (Å²) < 4.78 is 73.5. The molecular formula is C28H24FN3O6S2. The summed E-state index contributed by atoms with van der Waals surface area (Å²) in [5.74, 6) is -0.899. The van der Waals surface area contributed by atoms with Gasteiger partial charge >= 0.3 is 0 Å². The highest BCUT2D eigenvalue weighted by Gasteiger charge is 2.18. The Morgan fingerprint density at radius 3 is 2.10 bits per heavy atom. The van der Waals surface area contributed by atoms with E-state index in [1.165, 1.54) is 55.7 Å². The van der Waals surface area contributed by atoms with Crippen LogP contribution in [0.1, 0.15) is 15.9 Å². The molecule has 0 saturated heterocycles. The number of hydrogen-bond acceptors (Lipinski definition) is 6. The van der Waals surface area contributed by atoms with Crippen molar-refractivity contribution in [2.75, 3.05) is 21.9 Å². The first-order valence-corrected chi connectivity index (χ1v) is 14.7. The molecule has 0 aromatic heterocycles. The number of anilines is 3. The second-order valence-corrected chi connectivity index (χ2v) is 11.6. The summed E-state index contributed by atoms with van der Waals surface area (Å²) >= 11 is 0. The van der Waals surface area contributed by atoms with Gasteiger partial charge in [0.25, 0.3) is 26.0 Å². The summed E-state index contributed by atoms with van der Waals surface area (Å²) in [6, 6.07) is 23.4. The van der Waals surface area contributed by atoms with Crippen LogP contribution >= 0.6 is 0 Å². The Hall–Kier alpha value is -4.68. The number of carbonyl (C=O) groups is 1. The molecule has 206 valence electrons. The third-order valence-electron chi connectivity index (χ3n) is 5.47. The summed E-state index contributed by atoms with van der Waals surface area (Å²) in [5, 5.41) is 3.71. The minimum absolute atomic E-state index is 0.0536. The molecule has 0 spiro atoms. The van der Waals surface area contributed by atoms with Crippen molar-refractivity contribution in [3.8, 4) is 5.75 Å². The molecule has 0 radical (unpaired) electrons. The third kappa shape index (κ3) is 7.46. The van der Waals surface area contributed by atoms with Crippen molar-refractivity contribution in [2.45, 2.75) is 4.90 Å². The van der Waals surface area contributed by atoms with Gasteiger partial charge in [-0.3, -0.25) is 14.2 Å². The molecule has 1 amide bonds. The lowest BCUT2D eigenvalue weighted by molar-refractivity contribution is 0.102. The zero-order valence-electron chi connectivity index (χ0n) is 21.0. The predicted molar refractivity (Wildman–Crippen MR) is 153 cm³/mol. The Labute approximate surface area is 231 Å². The van der Waals surface area contributed by atoms with Gasteiger partial charge in [-0.15, -0.1) is 0 Å². The maximum absolute atomic E-state index is 13.2. The number of methoxy groups -OCH3 is 1. The van der Waals surface area contributed by atoms with E-state index in [9.17, 15) is 26.0 Å². The Bertz CT molecular complexity index is 1740. The van der Waals surface area contributed by atoms with Crippen molar-refractivity contribution in [3.63, 3.8) is 0 Å². The van der Waals surface area contributed by atoms with Crippen molar-refractivity contribution in [2.24, 2.45) is 0 Å². The van der Waals surface area contributed by atoms with Crippen LogP contribution in [-0.4, -0.2) is 29.9 Å². The van der Waals surface area contributed by atoms with Gasteiger partial charge in [0.2, 0.25) is 0 Å². The molecule has 40 heavy (non-hydrogen) atoms. The molecule has 0 bridgehead atoms. The molecule has 0 aliphatic rings. The predicted octanol–water partition coefficient (Wildman–Crippen LogP) is 5.30. The van der Waals surface area contributed by atoms with Gasteiger partial charge in [-0.2, -0.15) is 0 Å². The topological polar surface area (TPSA) is 131 Å². The van der Waals surface area contributed by atoms with Crippen LogP contribution in [0.4, 0.5) is 21.5 Å². The van der Waals surface area contributed by atoms with Crippen molar-refractivity contribution in [1.82, 2.24) is 0 Å². The Morgan fingerprint density at radius 2 is 1.45 bits per heavy atom. The zero-order valence-corrected chi connectivity index (χ0v) is 22.7. The van der Waals surface area contributed by atoms with Crippen molar-refractivity contribution < 1.29 is 30.8 Å². The van der Waals surface area contributed by atoms with Crippen LogP contribution in [0.25, 0.3) is 6.08 Å². The van der Waals surface area contributed by atoms with Gasteiger partial charge in [-0.1, -0.05) is 30.3 Å². The van der Waals surface area contributed by atoms with Gasteiger partial charge in [0.05, 0.1) is 23.1 Å². The Kier molecular flexibility index (Phi) is 8.51. The van der Waals surface area contributed by atoms with E-state index in [-0.39, 0.29) is 33.3 Å². The summed E-state index contributed by atoms with van der Waals surface area (Å²) in [6.45, 7) is 0. The van der Waals surface area contributed by atoms with Gasteiger partial charge in [-0.05, 0) is 78.4 Å². The molecule has 12 heteroatoms. The number of ether oxygens (including phenoxy) is 1. The number of hydrogen-bond donors (Lipinski definition) is 3. The molecule has 0 unspecified atom stereocenters. The standard InChI is InChI=1S/C28H24FN3O6S2/c1-38-27-16-13-24(19-26(27)32-40(36,37)25-14-9-22(29)10-15-25)30-28(33)21-7-11-23(12-8-21)31-39(34,35)18-17-20-5-3-2-4-6-20/h2-19,31-32H,1H3,(H,30,33)/b18-17+. The lowest BCUT2D eigenvalue weighted by atomic mass is 10.2. The average Bonchev–Trinajstić information content (AvgIpc) is 2.93. The van der Waals surface area contributed by atoms with Crippen molar-refractivity contribution in [1.29, 1.82) is 0 Å². The molecule has 0 atom stereocenters. The number of halogens is 1. The molecule has 3 N–H and O–H groups in total. The van der Waals surface area contributed by atoms with Crippen LogP contribution in [0, 0.1) is 5.82 Å². The first-order valence-electron chi connectivity index (χ1n) is 11.7. The van der Waals surface area contributed by atoms with E-state index >= 15 is 0 Å². The highest BCUT2D eigenvalue weighted by molar-refractivity contribution is 7.95. The van der Waals surface area contributed by atoms with Gasteiger partial charge in [0, 0.05) is 16.9 Å². The third-order valence-corrected chi connectivity index (χ3v) is 7.87. The number of rotatable bonds is 10. The highest BCUT2D eigenvalue weighted by Crippen LogP contribution is 2.30. The average molecular weight is 582 g/mol. The summed E-state index contributed by atoms with van der Waals surface area (Å²) in [6.07, 6.45) is 1.47. The number of benzene rings is 4. The van der Waals surface area contributed by atoms with Gasteiger partial charge in [-0.25, -0.2) is 21.2 Å². The van der Waals surface area contributed by atoms with Crippen LogP contribution in [0.5, 0.6) is 5.75 Å². The van der Waals surface area contributed by atoms with E-state index in [1.54, 1.807) is 24.3 Å². The van der Waals surface area contributed by atoms with Crippen LogP contribution in [-0.2, 0) is 20.0 Å². The minimum atomic E-state index is -4.07. The van der Waals surface area contributed by atoms with E-state index in [4.69, 9.17) is 4.74 Å². The molecule has 9 nitrogen and oxygen atoms in total. The quantitative estimate of drug-likeness (QED) is 0.233. The van der Waals surface area contributed by atoms with E-state index in [2.05, 4.69) is 14.8 Å². The molecule has 0 heterocycles. The first kappa shape index (κ1) is 28.3. The second-order valence-electron chi connectivity index (χ2n) is 8.37. The summed E-state index contributed by atoms with van der Waals surface area (Å²) in [7, 11) is -6.49. The number of nitrogens with one attached hydrogen (secondary N) is 3. The summed E-state index contributed by atoms with van der Waals surface area (Å²) in [5.41, 5.74) is 1.53.